The lowest BCUT2D eigenvalue weighted by Gasteiger charge is -2.24. The van der Waals surface area contributed by atoms with Crippen molar-refractivity contribution >= 4 is 45.3 Å². The maximum atomic E-state index is 13.6. The molecule has 0 spiro atoms. The molecule has 0 unspecified atom stereocenters. The Hall–Kier alpha value is -0.820. The van der Waals surface area contributed by atoms with Crippen molar-refractivity contribution in [3.05, 3.63) is 43.9 Å². The highest BCUT2D eigenvalue weighted by molar-refractivity contribution is 14.1. The van der Waals surface area contributed by atoms with E-state index in [4.69, 9.17) is 5.73 Å². The summed E-state index contributed by atoms with van der Waals surface area (Å²) in [5.74, 6) is -0.218. The first kappa shape index (κ1) is 13.6. The molecule has 0 radical (unpaired) electrons. The molecule has 0 aliphatic heterocycles. The van der Waals surface area contributed by atoms with Gasteiger partial charge < -0.3 is 10.6 Å². The molecule has 0 aliphatic carbocycles. The number of hydrogen-bond acceptors (Lipinski definition) is 3. The predicted molar refractivity (Wildman–Crippen MR) is 84.6 cm³/mol. The van der Waals surface area contributed by atoms with Gasteiger partial charge in [-0.3, -0.25) is 0 Å². The van der Waals surface area contributed by atoms with Crippen LogP contribution in [0.3, 0.4) is 0 Å². The third-order valence-electron chi connectivity index (χ3n) is 2.72. The fraction of sp³-hybridized carbons (Fsp3) is 0.231. The SMILES string of the molecule is CCN(Cc1cccs1)c1cc(F)c(I)cc1N. The van der Waals surface area contributed by atoms with Crippen LogP contribution >= 0.6 is 33.9 Å². The van der Waals surface area contributed by atoms with E-state index in [0.717, 1.165) is 18.8 Å². The molecule has 0 aliphatic rings. The van der Waals surface area contributed by atoms with Gasteiger partial charge in [0.2, 0.25) is 0 Å². The Morgan fingerprint density at radius 1 is 1.44 bits per heavy atom. The summed E-state index contributed by atoms with van der Waals surface area (Å²) in [5.41, 5.74) is 7.38. The number of nitrogens with two attached hydrogens (primary N) is 1. The minimum absolute atomic E-state index is 0.218. The molecule has 0 atom stereocenters. The normalized spacial score (nSPS) is 10.6. The zero-order valence-electron chi connectivity index (χ0n) is 9.99. The van der Waals surface area contributed by atoms with Crippen LogP contribution in [-0.4, -0.2) is 6.54 Å². The Bertz CT molecular complexity index is 528. The van der Waals surface area contributed by atoms with Crippen LogP contribution in [0.15, 0.2) is 29.6 Å². The first-order valence-corrected chi connectivity index (χ1v) is 7.59. The molecule has 2 aromatic rings. The summed E-state index contributed by atoms with van der Waals surface area (Å²) in [6, 6.07) is 7.30. The van der Waals surface area contributed by atoms with Crippen LogP contribution in [0.5, 0.6) is 0 Å². The number of nitrogens with zero attached hydrogens (tertiary/aromatic N) is 1. The molecule has 0 saturated carbocycles. The van der Waals surface area contributed by atoms with E-state index < -0.39 is 0 Å². The van der Waals surface area contributed by atoms with Gasteiger partial charge in [0, 0.05) is 17.5 Å². The highest BCUT2D eigenvalue weighted by Gasteiger charge is 2.12. The monoisotopic (exact) mass is 376 g/mol. The van der Waals surface area contributed by atoms with Gasteiger partial charge in [0.1, 0.15) is 5.82 Å². The number of hydrogen-bond donors (Lipinski definition) is 1. The van der Waals surface area contributed by atoms with E-state index in [1.54, 1.807) is 17.4 Å². The predicted octanol–water partition coefficient (Wildman–Crippen LogP) is 4.10. The van der Waals surface area contributed by atoms with Crippen LogP contribution in [-0.2, 0) is 6.54 Å². The van der Waals surface area contributed by atoms with Crippen LogP contribution in [0.25, 0.3) is 0 Å². The zero-order chi connectivity index (χ0) is 13.1. The molecule has 1 aromatic carbocycles. The number of rotatable bonds is 4. The van der Waals surface area contributed by atoms with Crippen LogP contribution in [0.1, 0.15) is 11.8 Å². The van der Waals surface area contributed by atoms with Crippen molar-refractivity contribution in [3.63, 3.8) is 0 Å². The van der Waals surface area contributed by atoms with Gasteiger partial charge in [0.05, 0.1) is 21.5 Å². The molecule has 96 valence electrons. The number of anilines is 2. The summed E-state index contributed by atoms with van der Waals surface area (Å²) < 4.78 is 14.2. The standard InChI is InChI=1S/C13H14FIN2S/c1-2-17(8-9-4-3-5-18-9)13-6-10(14)11(15)7-12(13)16/h3-7H,2,8,16H2,1H3. The second-order valence-electron chi connectivity index (χ2n) is 3.92. The molecule has 1 heterocycles. The van der Waals surface area contributed by atoms with E-state index in [2.05, 4.69) is 11.0 Å². The van der Waals surface area contributed by atoms with E-state index in [1.807, 2.05) is 41.0 Å². The molecule has 0 saturated heterocycles. The number of nitrogen functional groups attached to an aromatic ring is 1. The smallest absolute Gasteiger partial charge is 0.138 e. The molecule has 0 fully saturated rings. The van der Waals surface area contributed by atoms with Gasteiger partial charge in [0.25, 0.3) is 0 Å². The molecule has 2 rings (SSSR count). The molecular weight excluding hydrogens is 362 g/mol. The topological polar surface area (TPSA) is 29.3 Å². The Balaban J connectivity index is 2.30. The molecular formula is C13H14FIN2S. The molecule has 0 amide bonds. The first-order valence-electron chi connectivity index (χ1n) is 5.63. The largest absolute Gasteiger partial charge is 0.397 e. The second-order valence-corrected chi connectivity index (χ2v) is 6.11. The highest BCUT2D eigenvalue weighted by atomic mass is 127. The van der Waals surface area contributed by atoms with E-state index in [9.17, 15) is 4.39 Å². The van der Waals surface area contributed by atoms with E-state index in [1.165, 1.54) is 10.9 Å². The van der Waals surface area contributed by atoms with Crippen molar-refractivity contribution in [2.24, 2.45) is 0 Å². The molecule has 2 N–H and O–H groups in total. The lowest BCUT2D eigenvalue weighted by atomic mass is 10.2. The molecule has 2 nitrogen and oxygen atoms in total. The van der Waals surface area contributed by atoms with E-state index in [0.29, 0.717) is 9.26 Å². The number of thiophene rings is 1. The quantitative estimate of drug-likeness (QED) is 0.643. The summed E-state index contributed by atoms with van der Waals surface area (Å²) in [7, 11) is 0. The Morgan fingerprint density at radius 3 is 2.83 bits per heavy atom. The highest BCUT2D eigenvalue weighted by Crippen LogP contribution is 2.29. The average molecular weight is 376 g/mol. The third kappa shape index (κ3) is 2.95. The van der Waals surface area contributed by atoms with Crippen LogP contribution in [0, 0.1) is 9.39 Å². The third-order valence-corrected chi connectivity index (χ3v) is 4.41. The van der Waals surface area contributed by atoms with Gasteiger partial charge in [-0.2, -0.15) is 0 Å². The maximum absolute atomic E-state index is 13.6. The first-order chi connectivity index (χ1) is 8.61. The summed E-state index contributed by atoms with van der Waals surface area (Å²) in [4.78, 5) is 3.33. The van der Waals surface area contributed by atoms with Crippen molar-refractivity contribution < 1.29 is 4.39 Å². The van der Waals surface area contributed by atoms with Crippen molar-refractivity contribution in [1.29, 1.82) is 0 Å². The number of halogens is 2. The molecule has 5 heteroatoms. The van der Waals surface area contributed by atoms with Crippen molar-refractivity contribution in [3.8, 4) is 0 Å². The van der Waals surface area contributed by atoms with E-state index in [-0.39, 0.29) is 5.82 Å². The minimum Gasteiger partial charge on any atom is -0.397 e. The summed E-state index contributed by atoms with van der Waals surface area (Å²) in [5, 5.41) is 2.04. The van der Waals surface area contributed by atoms with Crippen molar-refractivity contribution in [2.45, 2.75) is 13.5 Å². The second kappa shape index (κ2) is 5.88. The lowest BCUT2D eigenvalue weighted by molar-refractivity contribution is 0.619. The van der Waals surface area contributed by atoms with Gasteiger partial charge in [-0.1, -0.05) is 6.07 Å². The maximum Gasteiger partial charge on any atom is 0.138 e. The Morgan fingerprint density at radius 2 is 2.22 bits per heavy atom. The molecule has 1 aromatic heterocycles. The average Bonchev–Trinajstić information content (AvgIpc) is 2.84. The summed E-state index contributed by atoms with van der Waals surface area (Å²) in [6.45, 7) is 3.60. The van der Waals surface area contributed by atoms with Crippen molar-refractivity contribution in [1.82, 2.24) is 0 Å². The van der Waals surface area contributed by atoms with Gasteiger partial charge in [-0.05, 0) is 47.0 Å². The van der Waals surface area contributed by atoms with Gasteiger partial charge >= 0.3 is 0 Å². The lowest BCUT2D eigenvalue weighted by Crippen LogP contribution is -2.22. The minimum atomic E-state index is -0.218. The summed E-state index contributed by atoms with van der Waals surface area (Å²) >= 11 is 3.65. The van der Waals surface area contributed by atoms with Gasteiger partial charge in [-0.25, -0.2) is 4.39 Å². The Labute approximate surface area is 124 Å². The van der Waals surface area contributed by atoms with Gasteiger partial charge in [-0.15, -0.1) is 11.3 Å². The number of benzene rings is 1. The Kier molecular flexibility index (Phi) is 4.45. The van der Waals surface area contributed by atoms with Crippen LogP contribution < -0.4 is 10.6 Å². The molecule has 0 bridgehead atoms. The zero-order valence-corrected chi connectivity index (χ0v) is 13.0. The van der Waals surface area contributed by atoms with E-state index >= 15 is 0 Å². The van der Waals surface area contributed by atoms with Gasteiger partial charge in [0.15, 0.2) is 0 Å². The van der Waals surface area contributed by atoms with Crippen LogP contribution in [0.2, 0.25) is 0 Å². The fourth-order valence-electron chi connectivity index (χ4n) is 1.78. The summed E-state index contributed by atoms with van der Waals surface area (Å²) in [6.07, 6.45) is 0. The molecule has 18 heavy (non-hydrogen) atoms. The van der Waals surface area contributed by atoms with Crippen LogP contribution in [0.4, 0.5) is 15.8 Å². The van der Waals surface area contributed by atoms with Crippen molar-refractivity contribution in [2.75, 3.05) is 17.2 Å². The fourth-order valence-corrected chi connectivity index (χ4v) is 2.99.